The molecule has 1 amide bonds. The van der Waals surface area contributed by atoms with Crippen LogP contribution in [0.1, 0.15) is 49.7 Å². The minimum Gasteiger partial charge on any atom is -0.467 e. The number of carbonyl (C=O) groups is 1. The lowest BCUT2D eigenvalue weighted by Crippen LogP contribution is -2.44. The van der Waals surface area contributed by atoms with Crippen LogP contribution in [0.25, 0.3) is 11.0 Å². The van der Waals surface area contributed by atoms with Crippen LogP contribution in [0.3, 0.4) is 0 Å². The summed E-state index contributed by atoms with van der Waals surface area (Å²) in [5.74, 6) is 1.50. The number of para-hydroxylation sites is 1. The van der Waals surface area contributed by atoms with Crippen LogP contribution in [-0.4, -0.2) is 65.2 Å². The van der Waals surface area contributed by atoms with E-state index >= 15 is 0 Å². The number of hydrogen-bond acceptors (Lipinski definition) is 6. The summed E-state index contributed by atoms with van der Waals surface area (Å²) in [6, 6.07) is 13.9. The Balaban J connectivity index is 1.22. The van der Waals surface area contributed by atoms with Crippen molar-refractivity contribution >= 4 is 22.6 Å². The van der Waals surface area contributed by atoms with Crippen molar-refractivity contribution < 1.29 is 13.6 Å². The molecule has 7 heteroatoms. The summed E-state index contributed by atoms with van der Waals surface area (Å²) in [5.41, 5.74) is 1.62. The fourth-order valence-corrected chi connectivity index (χ4v) is 5.54. The van der Waals surface area contributed by atoms with Gasteiger partial charge in [0.25, 0.3) is 5.91 Å². The molecule has 3 aliphatic rings. The average molecular weight is 447 g/mol. The molecule has 2 atom stereocenters. The summed E-state index contributed by atoms with van der Waals surface area (Å²) in [6.07, 6.45) is 7.15. The molecule has 2 fully saturated rings. The summed E-state index contributed by atoms with van der Waals surface area (Å²) < 4.78 is 11.8. The van der Waals surface area contributed by atoms with Crippen molar-refractivity contribution in [3.63, 3.8) is 0 Å². The van der Waals surface area contributed by atoms with Gasteiger partial charge in [-0.25, -0.2) is 5.01 Å². The van der Waals surface area contributed by atoms with Crippen molar-refractivity contribution in [3.8, 4) is 0 Å². The van der Waals surface area contributed by atoms with Crippen LogP contribution in [0.5, 0.6) is 0 Å². The normalized spacial score (nSPS) is 24.2. The van der Waals surface area contributed by atoms with Crippen molar-refractivity contribution in [1.82, 2.24) is 14.8 Å². The highest BCUT2D eigenvalue weighted by Crippen LogP contribution is 2.35. The first-order valence-corrected chi connectivity index (χ1v) is 12.1. The van der Waals surface area contributed by atoms with Gasteiger partial charge in [0, 0.05) is 24.4 Å². The third kappa shape index (κ3) is 4.11. The van der Waals surface area contributed by atoms with Gasteiger partial charge in [0.1, 0.15) is 23.1 Å². The first-order valence-electron chi connectivity index (χ1n) is 12.1. The number of likely N-dealkylation sites (tertiary alicyclic amines) is 2. The van der Waals surface area contributed by atoms with Crippen LogP contribution in [0.15, 0.2) is 62.7 Å². The first kappa shape index (κ1) is 20.7. The number of rotatable bonds is 6. The Labute approximate surface area is 193 Å². The van der Waals surface area contributed by atoms with Crippen molar-refractivity contribution in [3.05, 3.63) is 60.2 Å². The van der Waals surface area contributed by atoms with Gasteiger partial charge >= 0.3 is 0 Å². The molecule has 3 aliphatic heterocycles. The van der Waals surface area contributed by atoms with Gasteiger partial charge in [0.15, 0.2) is 5.76 Å². The van der Waals surface area contributed by atoms with E-state index in [2.05, 4.69) is 9.80 Å². The summed E-state index contributed by atoms with van der Waals surface area (Å²) in [7, 11) is 0. The van der Waals surface area contributed by atoms with E-state index in [0.717, 1.165) is 47.7 Å². The number of amides is 1. The zero-order valence-electron chi connectivity index (χ0n) is 18.9. The second kappa shape index (κ2) is 8.80. The molecule has 0 bridgehead atoms. The molecule has 0 N–H and O–H groups in total. The Kier molecular flexibility index (Phi) is 5.52. The molecule has 5 heterocycles. The van der Waals surface area contributed by atoms with Gasteiger partial charge in [-0.2, -0.15) is 5.10 Å². The van der Waals surface area contributed by atoms with E-state index in [0.29, 0.717) is 19.0 Å². The highest BCUT2D eigenvalue weighted by molar-refractivity contribution is 6.03. The fraction of sp³-hybridized carbons (Fsp3) is 0.462. The molecule has 0 spiro atoms. The van der Waals surface area contributed by atoms with Crippen LogP contribution in [0.4, 0.5) is 0 Å². The Morgan fingerprint density at radius 3 is 2.76 bits per heavy atom. The number of hydrogen-bond donors (Lipinski definition) is 0. The quantitative estimate of drug-likeness (QED) is 0.566. The Hall–Kier alpha value is -2.90. The standard InChI is InChI=1S/C26H30N4O3/c31-26(18-29-13-5-8-20(29)17-28-11-3-4-12-28)30-22(24-10-6-14-32-24)16-21(27-30)25-15-19-7-1-2-9-23(19)33-25/h1-2,6-7,9-10,14-15,20,22H,3-5,8,11-13,16-18H2. The van der Waals surface area contributed by atoms with Gasteiger partial charge in [0.05, 0.1) is 12.8 Å². The smallest absolute Gasteiger partial charge is 0.257 e. The lowest BCUT2D eigenvalue weighted by atomic mass is 10.1. The predicted octanol–water partition coefficient (Wildman–Crippen LogP) is 4.26. The third-order valence-electron chi connectivity index (χ3n) is 7.25. The van der Waals surface area contributed by atoms with Crippen molar-refractivity contribution in [2.45, 2.75) is 44.2 Å². The highest BCUT2D eigenvalue weighted by Gasteiger charge is 2.38. The third-order valence-corrected chi connectivity index (χ3v) is 7.25. The molecule has 2 unspecified atom stereocenters. The largest absolute Gasteiger partial charge is 0.467 e. The zero-order valence-corrected chi connectivity index (χ0v) is 18.9. The molecule has 33 heavy (non-hydrogen) atoms. The average Bonchev–Trinajstić information content (AvgIpc) is 3.65. The van der Waals surface area contributed by atoms with E-state index in [9.17, 15) is 4.79 Å². The number of hydrazone groups is 1. The molecule has 0 radical (unpaired) electrons. The maximum absolute atomic E-state index is 13.5. The second-order valence-electron chi connectivity index (χ2n) is 9.44. The molecule has 7 nitrogen and oxygen atoms in total. The number of furan rings is 2. The topological polar surface area (TPSA) is 65.4 Å². The molecule has 1 aromatic carbocycles. The van der Waals surface area contributed by atoms with Gasteiger partial charge in [-0.05, 0) is 69.6 Å². The molecule has 2 aromatic heterocycles. The number of carbonyl (C=O) groups excluding carboxylic acids is 1. The molecule has 172 valence electrons. The molecular weight excluding hydrogens is 416 g/mol. The Morgan fingerprint density at radius 1 is 1.06 bits per heavy atom. The monoisotopic (exact) mass is 446 g/mol. The molecule has 0 saturated carbocycles. The van der Waals surface area contributed by atoms with Crippen LogP contribution in [0, 0.1) is 0 Å². The lowest BCUT2D eigenvalue weighted by molar-refractivity contribution is -0.134. The zero-order chi connectivity index (χ0) is 22.2. The van der Waals surface area contributed by atoms with Gasteiger partial charge in [-0.15, -0.1) is 0 Å². The number of benzene rings is 1. The van der Waals surface area contributed by atoms with Crippen LogP contribution < -0.4 is 0 Å². The van der Waals surface area contributed by atoms with Crippen LogP contribution in [-0.2, 0) is 4.79 Å². The van der Waals surface area contributed by atoms with Crippen molar-refractivity contribution in [2.75, 3.05) is 32.7 Å². The number of fused-ring (bicyclic) bond motifs is 1. The SMILES string of the molecule is O=C(CN1CCCC1CN1CCCC1)N1N=C(c2cc3ccccc3o2)CC1c1ccco1. The van der Waals surface area contributed by atoms with Crippen molar-refractivity contribution in [1.29, 1.82) is 0 Å². The van der Waals surface area contributed by atoms with E-state index in [-0.39, 0.29) is 11.9 Å². The van der Waals surface area contributed by atoms with E-state index in [1.165, 1.54) is 32.4 Å². The summed E-state index contributed by atoms with van der Waals surface area (Å²) >= 11 is 0. The maximum Gasteiger partial charge on any atom is 0.257 e. The Morgan fingerprint density at radius 2 is 1.94 bits per heavy atom. The number of nitrogens with zero attached hydrogens (tertiary/aromatic N) is 4. The summed E-state index contributed by atoms with van der Waals surface area (Å²) in [5, 5.41) is 7.44. The Bertz CT molecular complexity index is 1110. The van der Waals surface area contributed by atoms with E-state index in [4.69, 9.17) is 13.9 Å². The van der Waals surface area contributed by atoms with Crippen molar-refractivity contribution in [2.24, 2.45) is 5.10 Å². The van der Waals surface area contributed by atoms with Crippen LogP contribution >= 0.6 is 0 Å². The van der Waals surface area contributed by atoms with Gasteiger partial charge in [-0.1, -0.05) is 18.2 Å². The molecule has 3 aromatic rings. The summed E-state index contributed by atoms with van der Waals surface area (Å²) in [4.78, 5) is 18.4. The summed E-state index contributed by atoms with van der Waals surface area (Å²) in [6.45, 7) is 4.82. The molecule has 0 aliphatic carbocycles. The minimum absolute atomic E-state index is 0.0239. The molecule has 2 saturated heterocycles. The van der Waals surface area contributed by atoms with Gasteiger partial charge < -0.3 is 13.7 Å². The van der Waals surface area contributed by atoms with Gasteiger partial charge in [-0.3, -0.25) is 9.69 Å². The van der Waals surface area contributed by atoms with Gasteiger partial charge in [0.2, 0.25) is 0 Å². The first-order chi connectivity index (χ1) is 16.2. The van der Waals surface area contributed by atoms with Crippen LogP contribution in [0.2, 0.25) is 0 Å². The fourth-order valence-electron chi connectivity index (χ4n) is 5.54. The predicted molar refractivity (Wildman–Crippen MR) is 126 cm³/mol. The maximum atomic E-state index is 13.5. The minimum atomic E-state index is -0.240. The van der Waals surface area contributed by atoms with E-state index in [1.807, 2.05) is 42.5 Å². The van der Waals surface area contributed by atoms with E-state index < -0.39 is 0 Å². The highest BCUT2D eigenvalue weighted by atomic mass is 16.3. The second-order valence-corrected chi connectivity index (χ2v) is 9.44. The molecular formula is C26H30N4O3. The van der Waals surface area contributed by atoms with E-state index in [1.54, 1.807) is 11.3 Å². The lowest BCUT2D eigenvalue weighted by Gasteiger charge is -2.29. The molecule has 6 rings (SSSR count).